The number of furan rings is 1. The molecule has 2 heterocycles. The number of allylic oxidation sites excluding steroid dienone is 1. The van der Waals surface area contributed by atoms with Crippen molar-refractivity contribution in [1.29, 1.82) is 0 Å². The minimum Gasteiger partial charge on any atom is -0.465 e. The summed E-state index contributed by atoms with van der Waals surface area (Å²) in [6.07, 6.45) is 2.79. The van der Waals surface area contributed by atoms with Crippen LogP contribution in [0.1, 0.15) is 75.4 Å². The van der Waals surface area contributed by atoms with Crippen LogP contribution in [-0.4, -0.2) is 47.1 Å². The molecule has 3 fully saturated rings. The van der Waals surface area contributed by atoms with E-state index < -0.39 is 35.0 Å². The van der Waals surface area contributed by atoms with Crippen molar-refractivity contribution in [3.05, 3.63) is 45.9 Å². The van der Waals surface area contributed by atoms with E-state index in [4.69, 9.17) is 18.6 Å². The molecule has 8 atom stereocenters. The Bertz CT molecular complexity index is 1310. The number of aryl methyl sites for hydroxylation is 2. The fourth-order valence-electron chi connectivity index (χ4n) is 8.56. The van der Waals surface area contributed by atoms with Crippen LogP contribution in [0, 0.1) is 55.3 Å². The Kier molecular flexibility index (Phi) is 5.28. The molecule has 2 bridgehead atoms. The van der Waals surface area contributed by atoms with Crippen molar-refractivity contribution in [2.24, 2.45) is 34.5 Å². The zero-order valence-electron chi connectivity index (χ0n) is 23.9. The second-order valence-corrected chi connectivity index (χ2v) is 13.5. The summed E-state index contributed by atoms with van der Waals surface area (Å²) in [5.41, 5.74) is -0.565. The molecule has 6 rings (SSSR count). The Morgan fingerprint density at radius 3 is 2.42 bits per heavy atom. The molecular formula is C31H40O7. The summed E-state index contributed by atoms with van der Waals surface area (Å²) in [4.78, 5) is 28.4. The number of Topliss-reactive ketones (excluding diaryl/α,β-unsaturated/α-hetero) is 1. The first kappa shape index (κ1) is 26.0. The SMILES string of the molecule is CC1=C[C@]23C(=O)[C@@H](C=C4COC(C)(C)O[C@H]4[C@]2(O)[C@H]1OC(=O)c1c(C)oc(C)c1C)[C@H]1[C@@H](C[C@H]3C)C1(C)C. The van der Waals surface area contributed by atoms with E-state index in [1.165, 1.54) is 0 Å². The predicted molar refractivity (Wildman–Crippen MR) is 139 cm³/mol. The van der Waals surface area contributed by atoms with E-state index in [-0.39, 0.29) is 35.6 Å². The van der Waals surface area contributed by atoms with Crippen LogP contribution < -0.4 is 0 Å². The highest BCUT2D eigenvalue weighted by Gasteiger charge is 2.77. The van der Waals surface area contributed by atoms with Gasteiger partial charge in [0.2, 0.25) is 0 Å². The van der Waals surface area contributed by atoms with Crippen molar-refractivity contribution >= 4 is 11.8 Å². The molecule has 7 heteroatoms. The summed E-state index contributed by atoms with van der Waals surface area (Å²) in [5.74, 6) is -0.419. The van der Waals surface area contributed by atoms with E-state index in [0.717, 1.165) is 12.0 Å². The zero-order valence-corrected chi connectivity index (χ0v) is 23.9. The first-order valence-electron chi connectivity index (χ1n) is 13.8. The minimum atomic E-state index is -1.83. The zero-order chi connectivity index (χ0) is 27.7. The first-order chi connectivity index (χ1) is 17.6. The summed E-state index contributed by atoms with van der Waals surface area (Å²) in [5, 5.41) is 13.1. The molecule has 1 saturated heterocycles. The van der Waals surface area contributed by atoms with E-state index in [1.54, 1.807) is 6.92 Å². The lowest BCUT2D eigenvalue weighted by Gasteiger charge is -2.52. The van der Waals surface area contributed by atoms with E-state index in [1.807, 2.05) is 46.8 Å². The van der Waals surface area contributed by atoms with Crippen LogP contribution in [0.4, 0.5) is 0 Å². The molecular weight excluding hydrogens is 484 g/mol. The van der Waals surface area contributed by atoms with Crippen molar-refractivity contribution < 1.29 is 33.3 Å². The molecule has 1 spiro atoms. The van der Waals surface area contributed by atoms with Gasteiger partial charge >= 0.3 is 5.97 Å². The number of rotatable bonds is 2. The van der Waals surface area contributed by atoms with Crippen molar-refractivity contribution in [2.75, 3.05) is 6.61 Å². The molecule has 1 N–H and O–H groups in total. The molecule has 0 aromatic carbocycles. The van der Waals surface area contributed by atoms with Gasteiger partial charge in [-0.25, -0.2) is 4.79 Å². The van der Waals surface area contributed by atoms with E-state index in [2.05, 4.69) is 20.8 Å². The maximum Gasteiger partial charge on any atom is 0.342 e. The van der Waals surface area contributed by atoms with Crippen LogP contribution >= 0.6 is 0 Å². The smallest absolute Gasteiger partial charge is 0.342 e. The number of ether oxygens (including phenoxy) is 3. The highest BCUT2D eigenvalue weighted by atomic mass is 16.7. The third-order valence-electron chi connectivity index (χ3n) is 10.7. The summed E-state index contributed by atoms with van der Waals surface area (Å²) in [6, 6.07) is 0. The molecule has 7 nitrogen and oxygen atoms in total. The molecule has 0 unspecified atom stereocenters. The van der Waals surface area contributed by atoms with Crippen LogP contribution in [0.3, 0.4) is 0 Å². The Morgan fingerprint density at radius 1 is 1.11 bits per heavy atom. The minimum absolute atomic E-state index is 0.00158. The molecule has 1 aromatic heterocycles. The number of fused-ring (bicyclic) bond motifs is 5. The Morgan fingerprint density at radius 2 is 1.79 bits per heavy atom. The van der Waals surface area contributed by atoms with Crippen LogP contribution in [0.5, 0.6) is 0 Å². The van der Waals surface area contributed by atoms with Crippen LogP contribution in [-0.2, 0) is 19.0 Å². The quantitative estimate of drug-likeness (QED) is 0.430. The molecule has 2 saturated carbocycles. The first-order valence-corrected chi connectivity index (χ1v) is 13.8. The van der Waals surface area contributed by atoms with Gasteiger partial charge in [-0.2, -0.15) is 0 Å². The normalized spacial score (nSPS) is 42.1. The fraction of sp³-hybridized carbons (Fsp3) is 0.677. The van der Waals surface area contributed by atoms with Crippen LogP contribution in [0.2, 0.25) is 0 Å². The topological polar surface area (TPSA) is 95.2 Å². The molecule has 38 heavy (non-hydrogen) atoms. The summed E-state index contributed by atoms with van der Waals surface area (Å²) in [7, 11) is 0. The largest absolute Gasteiger partial charge is 0.465 e. The third-order valence-corrected chi connectivity index (χ3v) is 10.7. The summed E-state index contributed by atoms with van der Waals surface area (Å²) < 4.78 is 24.4. The lowest BCUT2D eigenvalue weighted by atomic mass is 9.59. The number of ketones is 1. The van der Waals surface area contributed by atoms with E-state index >= 15 is 0 Å². The van der Waals surface area contributed by atoms with Gasteiger partial charge in [-0.15, -0.1) is 0 Å². The average molecular weight is 525 g/mol. The van der Waals surface area contributed by atoms with Gasteiger partial charge in [-0.05, 0) is 82.3 Å². The number of hydrogen-bond donors (Lipinski definition) is 1. The van der Waals surface area contributed by atoms with Crippen LogP contribution in [0.15, 0.2) is 27.7 Å². The van der Waals surface area contributed by atoms with Gasteiger partial charge in [-0.1, -0.05) is 32.9 Å². The van der Waals surface area contributed by atoms with Crippen LogP contribution in [0.25, 0.3) is 0 Å². The van der Waals surface area contributed by atoms with Gasteiger partial charge in [0.05, 0.1) is 12.0 Å². The molecule has 0 amide bonds. The Balaban J connectivity index is 1.52. The van der Waals surface area contributed by atoms with E-state index in [9.17, 15) is 14.7 Å². The molecule has 0 radical (unpaired) electrons. The van der Waals surface area contributed by atoms with Gasteiger partial charge in [0, 0.05) is 11.5 Å². The monoisotopic (exact) mass is 524 g/mol. The number of hydrogen-bond acceptors (Lipinski definition) is 7. The lowest BCUT2D eigenvalue weighted by Crippen LogP contribution is -2.68. The lowest BCUT2D eigenvalue weighted by molar-refractivity contribution is -0.302. The standard InChI is InChI=1S/C31H40O7/c1-14-12-30-15(2)10-21-23(28(21,6)7)20(24(30)32)11-19-13-35-29(8,9)38-26(19)31(30,34)25(14)37-27(33)22-16(3)17(4)36-18(22)5/h11-12,15,20-21,23,25-26,34H,10,13H2,1-9H3/t15-,20+,21-,23+,25+,26-,30+,31-/m1/s1. The van der Waals surface area contributed by atoms with E-state index in [0.29, 0.717) is 34.1 Å². The number of aliphatic hydroxyl groups is 1. The predicted octanol–water partition coefficient (Wildman–Crippen LogP) is 5.00. The maximum absolute atomic E-state index is 14.8. The van der Waals surface area contributed by atoms with Crippen molar-refractivity contribution in [1.82, 2.24) is 0 Å². The van der Waals surface area contributed by atoms with Gasteiger partial charge in [0.15, 0.2) is 23.3 Å². The third kappa shape index (κ3) is 3.07. The number of carbonyl (C=O) groups is 2. The highest BCUT2D eigenvalue weighted by molar-refractivity contribution is 5.96. The molecule has 1 aromatic rings. The Hall–Kier alpha value is -2.22. The van der Waals surface area contributed by atoms with Gasteiger partial charge in [-0.3, -0.25) is 4.79 Å². The second-order valence-electron chi connectivity index (χ2n) is 13.5. The number of esters is 1. The molecule has 206 valence electrons. The summed E-state index contributed by atoms with van der Waals surface area (Å²) >= 11 is 0. The maximum atomic E-state index is 14.8. The molecule has 4 aliphatic carbocycles. The average Bonchev–Trinajstić information content (AvgIpc) is 3.18. The highest BCUT2D eigenvalue weighted by Crippen LogP contribution is 2.72. The number of carbonyl (C=O) groups excluding carboxylic acids is 2. The van der Waals surface area contributed by atoms with Crippen molar-refractivity contribution in [3.8, 4) is 0 Å². The van der Waals surface area contributed by atoms with Crippen molar-refractivity contribution in [3.63, 3.8) is 0 Å². The van der Waals surface area contributed by atoms with Crippen molar-refractivity contribution in [2.45, 2.75) is 92.3 Å². The van der Waals surface area contributed by atoms with Gasteiger partial charge in [0.1, 0.15) is 23.2 Å². The summed E-state index contributed by atoms with van der Waals surface area (Å²) in [6.45, 7) is 17.6. The molecule has 5 aliphatic rings. The van der Waals surface area contributed by atoms with Gasteiger partial charge < -0.3 is 23.7 Å². The Labute approximate surface area is 224 Å². The van der Waals surface area contributed by atoms with Gasteiger partial charge in [0.25, 0.3) is 0 Å². The fourth-order valence-corrected chi connectivity index (χ4v) is 8.56. The molecule has 1 aliphatic heterocycles. The second kappa shape index (κ2) is 7.70.